The van der Waals surface area contributed by atoms with Crippen molar-refractivity contribution < 1.29 is 24.3 Å². The molecule has 1 saturated heterocycles. The first-order valence-corrected chi connectivity index (χ1v) is 5.69. The lowest BCUT2D eigenvalue weighted by molar-refractivity contribution is -0.146. The van der Waals surface area contributed by atoms with E-state index in [0.29, 0.717) is 0 Å². The first-order chi connectivity index (χ1) is 8.32. The molecule has 3 amide bonds. The molecule has 3 N–H and O–H groups in total. The lowest BCUT2D eigenvalue weighted by Crippen LogP contribution is -2.53. The van der Waals surface area contributed by atoms with Crippen molar-refractivity contribution in [1.82, 2.24) is 10.6 Å². The van der Waals surface area contributed by atoms with Crippen LogP contribution in [0.5, 0.6) is 0 Å². The van der Waals surface area contributed by atoms with Gasteiger partial charge in [-0.1, -0.05) is 13.8 Å². The number of amides is 3. The molecular formula is C11H16N2O5. The maximum atomic E-state index is 11.7. The van der Waals surface area contributed by atoms with Gasteiger partial charge in [-0.2, -0.15) is 0 Å². The fourth-order valence-electron chi connectivity index (χ4n) is 1.58. The number of carbonyl (C=O) groups is 4. The number of nitrogens with one attached hydrogen (secondary N) is 2. The Labute approximate surface area is 104 Å². The van der Waals surface area contributed by atoms with Crippen LogP contribution in [0.25, 0.3) is 0 Å². The monoisotopic (exact) mass is 256 g/mol. The highest BCUT2D eigenvalue weighted by atomic mass is 16.4. The summed E-state index contributed by atoms with van der Waals surface area (Å²) in [6, 6.07) is -0.765. The van der Waals surface area contributed by atoms with Gasteiger partial charge in [0.25, 0.3) is 0 Å². The maximum absolute atomic E-state index is 11.7. The van der Waals surface area contributed by atoms with Gasteiger partial charge in [-0.05, 0) is 6.42 Å². The van der Waals surface area contributed by atoms with E-state index >= 15 is 0 Å². The third-order valence-electron chi connectivity index (χ3n) is 3.11. The summed E-state index contributed by atoms with van der Waals surface area (Å²) in [6.45, 7) is 2.91. The molecule has 18 heavy (non-hydrogen) atoms. The van der Waals surface area contributed by atoms with Crippen LogP contribution in [0.15, 0.2) is 0 Å². The standard InChI is InChI=1S/C11H16N2O5/c1-5(6(2)11(17)18)9(15)12-7-3-4-8(14)13-10(7)16/h5-7H,3-4H2,1-2H3,(H,12,15)(H,17,18)(H,13,14,16). The van der Waals surface area contributed by atoms with Gasteiger partial charge in [0.15, 0.2) is 0 Å². The minimum atomic E-state index is -1.07. The number of piperidine rings is 1. The average molecular weight is 256 g/mol. The van der Waals surface area contributed by atoms with Crippen LogP contribution in [-0.4, -0.2) is 34.8 Å². The van der Waals surface area contributed by atoms with Crippen molar-refractivity contribution in [3.05, 3.63) is 0 Å². The van der Waals surface area contributed by atoms with E-state index < -0.39 is 35.7 Å². The van der Waals surface area contributed by atoms with Gasteiger partial charge in [0, 0.05) is 12.3 Å². The molecule has 0 aliphatic carbocycles. The van der Waals surface area contributed by atoms with Gasteiger partial charge < -0.3 is 10.4 Å². The number of rotatable bonds is 4. The van der Waals surface area contributed by atoms with Gasteiger partial charge in [-0.3, -0.25) is 24.5 Å². The van der Waals surface area contributed by atoms with Gasteiger partial charge in [0.1, 0.15) is 6.04 Å². The quantitative estimate of drug-likeness (QED) is 0.574. The zero-order chi connectivity index (χ0) is 13.9. The molecule has 3 atom stereocenters. The fourth-order valence-corrected chi connectivity index (χ4v) is 1.58. The van der Waals surface area contributed by atoms with Crippen molar-refractivity contribution in [2.45, 2.75) is 32.7 Å². The molecular weight excluding hydrogens is 240 g/mol. The molecule has 0 bridgehead atoms. The van der Waals surface area contributed by atoms with Crippen LogP contribution < -0.4 is 10.6 Å². The second kappa shape index (κ2) is 5.61. The molecule has 7 nitrogen and oxygen atoms in total. The van der Waals surface area contributed by atoms with Crippen LogP contribution in [-0.2, 0) is 19.2 Å². The largest absolute Gasteiger partial charge is 0.481 e. The van der Waals surface area contributed by atoms with Crippen LogP contribution in [0.1, 0.15) is 26.7 Å². The molecule has 1 aliphatic rings. The van der Waals surface area contributed by atoms with Crippen LogP contribution in [0.3, 0.4) is 0 Å². The molecule has 1 rings (SSSR count). The van der Waals surface area contributed by atoms with Crippen LogP contribution in [0.4, 0.5) is 0 Å². The van der Waals surface area contributed by atoms with Crippen molar-refractivity contribution in [3.8, 4) is 0 Å². The first kappa shape index (κ1) is 14.1. The van der Waals surface area contributed by atoms with Gasteiger partial charge in [-0.25, -0.2) is 0 Å². The molecule has 0 aromatic heterocycles. The Bertz CT molecular complexity index is 393. The molecule has 100 valence electrons. The van der Waals surface area contributed by atoms with E-state index in [2.05, 4.69) is 10.6 Å². The molecule has 0 aromatic rings. The number of aliphatic carboxylic acids is 1. The third kappa shape index (κ3) is 3.28. The summed E-state index contributed by atoms with van der Waals surface area (Å²) in [6.07, 6.45) is 0.407. The predicted molar refractivity (Wildman–Crippen MR) is 60.3 cm³/mol. The first-order valence-electron chi connectivity index (χ1n) is 5.69. The summed E-state index contributed by atoms with van der Waals surface area (Å²) in [5.41, 5.74) is 0. The van der Waals surface area contributed by atoms with Gasteiger partial charge in [-0.15, -0.1) is 0 Å². The highest BCUT2D eigenvalue weighted by Crippen LogP contribution is 2.13. The Kier molecular flexibility index (Phi) is 4.41. The summed E-state index contributed by atoms with van der Waals surface area (Å²) in [5.74, 6) is -4.06. The summed E-state index contributed by atoms with van der Waals surface area (Å²) >= 11 is 0. The zero-order valence-electron chi connectivity index (χ0n) is 10.2. The van der Waals surface area contributed by atoms with Crippen molar-refractivity contribution in [3.63, 3.8) is 0 Å². The lowest BCUT2D eigenvalue weighted by Gasteiger charge is -2.24. The Morgan fingerprint density at radius 2 is 1.94 bits per heavy atom. The van der Waals surface area contributed by atoms with Crippen LogP contribution in [0.2, 0.25) is 0 Å². The number of hydrogen-bond acceptors (Lipinski definition) is 4. The summed E-state index contributed by atoms with van der Waals surface area (Å²) in [7, 11) is 0. The van der Waals surface area contributed by atoms with E-state index in [4.69, 9.17) is 5.11 Å². The molecule has 0 spiro atoms. The zero-order valence-corrected chi connectivity index (χ0v) is 10.2. The molecule has 1 aliphatic heterocycles. The summed E-state index contributed by atoms with van der Waals surface area (Å²) in [5, 5.41) is 13.4. The predicted octanol–water partition coefficient (Wildman–Crippen LogP) is -0.735. The van der Waals surface area contributed by atoms with Crippen LogP contribution >= 0.6 is 0 Å². The minimum absolute atomic E-state index is 0.166. The van der Waals surface area contributed by atoms with Gasteiger partial charge in [0.05, 0.1) is 5.92 Å². The third-order valence-corrected chi connectivity index (χ3v) is 3.11. The SMILES string of the molecule is CC(C(=O)O)C(C)C(=O)NC1CCC(=O)NC1=O. The van der Waals surface area contributed by atoms with Gasteiger partial charge in [0.2, 0.25) is 17.7 Å². The number of hydrogen-bond donors (Lipinski definition) is 3. The topological polar surface area (TPSA) is 113 Å². The highest BCUT2D eigenvalue weighted by Gasteiger charge is 2.31. The lowest BCUT2D eigenvalue weighted by atomic mass is 9.94. The van der Waals surface area contributed by atoms with E-state index in [1.54, 1.807) is 0 Å². The van der Waals surface area contributed by atoms with E-state index in [-0.39, 0.29) is 18.7 Å². The maximum Gasteiger partial charge on any atom is 0.307 e. The van der Waals surface area contributed by atoms with Crippen LogP contribution in [0, 0.1) is 11.8 Å². The highest BCUT2D eigenvalue weighted by molar-refractivity contribution is 6.01. The van der Waals surface area contributed by atoms with Crippen molar-refractivity contribution in [2.75, 3.05) is 0 Å². The molecule has 7 heteroatoms. The van der Waals surface area contributed by atoms with Crippen molar-refractivity contribution >= 4 is 23.7 Å². The van der Waals surface area contributed by atoms with Crippen molar-refractivity contribution in [2.24, 2.45) is 11.8 Å². The molecule has 0 radical (unpaired) electrons. The van der Waals surface area contributed by atoms with E-state index in [1.807, 2.05) is 0 Å². The Morgan fingerprint density at radius 1 is 1.33 bits per heavy atom. The Balaban J connectivity index is 2.57. The fraction of sp³-hybridized carbons (Fsp3) is 0.636. The number of carboxylic acid groups (broad SMARTS) is 1. The Morgan fingerprint density at radius 3 is 2.44 bits per heavy atom. The second-order valence-corrected chi connectivity index (χ2v) is 4.43. The van der Waals surface area contributed by atoms with Gasteiger partial charge >= 0.3 is 5.97 Å². The smallest absolute Gasteiger partial charge is 0.307 e. The van der Waals surface area contributed by atoms with Crippen molar-refractivity contribution in [1.29, 1.82) is 0 Å². The van der Waals surface area contributed by atoms with E-state index in [0.717, 1.165) is 0 Å². The molecule has 1 heterocycles. The normalized spacial score (nSPS) is 22.9. The minimum Gasteiger partial charge on any atom is -0.481 e. The Hall–Kier alpha value is -1.92. The molecule has 0 saturated carbocycles. The average Bonchev–Trinajstić information content (AvgIpc) is 2.30. The number of carbonyl (C=O) groups excluding carboxylic acids is 3. The van der Waals surface area contributed by atoms with E-state index in [9.17, 15) is 19.2 Å². The molecule has 0 aromatic carbocycles. The number of carboxylic acids is 1. The molecule has 3 unspecified atom stereocenters. The van der Waals surface area contributed by atoms with E-state index in [1.165, 1.54) is 13.8 Å². The summed E-state index contributed by atoms with van der Waals surface area (Å²) < 4.78 is 0. The molecule has 1 fully saturated rings. The summed E-state index contributed by atoms with van der Waals surface area (Å²) in [4.78, 5) is 44.8. The second-order valence-electron chi connectivity index (χ2n) is 4.43. The number of imide groups is 1.